The van der Waals surface area contributed by atoms with Crippen molar-refractivity contribution in [3.63, 3.8) is 0 Å². The Kier molecular flexibility index (Phi) is 1.25. The topological polar surface area (TPSA) is 20.2 Å². The fourth-order valence-electron chi connectivity index (χ4n) is 1.92. The van der Waals surface area contributed by atoms with E-state index < -0.39 is 5.60 Å². The second-order valence-corrected chi connectivity index (χ2v) is 5.08. The lowest BCUT2D eigenvalue weighted by molar-refractivity contribution is 0.155. The van der Waals surface area contributed by atoms with E-state index in [0.717, 1.165) is 12.8 Å². The lowest BCUT2D eigenvalue weighted by Gasteiger charge is -2.02. The van der Waals surface area contributed by atoms with Crippen molar-refractivity contribution in [2.75, 3.05) is 0 Å². The molecule has 0 aliphatic heterocycles. The molecule has 1 nitrogen and oxygen atoms in total. The first kappa shape index (κ1) is 7.10. The minimum absolute atomic E-state index is 0.394. The molecule has 0 atom stereocenters. The molecule has 0 bridgehead atoms. The Labute approximate surface area is 76.0 Å². The van der Waals surface area contributed by atoms with Gasteiger partial charge in [0.2, 0.25) is 0 Å². The van der Waals surface area contributed by atoms with E-state index in [2.05, 4.69) is 6.07 Å². The molecule has 64 valence electrons. The summed E-state index contributed by atoms with van der Waals surface area (Å²) in [5.74, 6) is 0. The highest BCUT2D eigenvalue weighted by atomic mass is 32.1. The van der Waals surface area contributed by atoms with E-state index in [4.69, 9.17) is 0 Å². The second-order valence-electron chi connectivity index (χ2n) is 3.94. The minimum Gasteiger partial charge on any atom is -0.384 e. The first-order valence-electron chi connectivity index (χ1n) is 4.62. The number of aliphatic hydroxyl groups is 1. The van der Waals surface area contributed by atoms with Gasteiger partial charge in [-0.2, -0.15) is 0 Å². The van der Waals surface area contributed by atoms with Crippen LogP contribution in [0, 0.1) is 0 Å². The maximum atomic E-state index is 9.87. The molecular formula is C10H12OS. The van der Waals surface area contributed by atoms with Crippen LogP contribution in [0.25, 0.3) is 0 Å². The van der Waals surface area contributed by atoms with Gasteiger partial charge in [0.25, 0.3) is 0 Å². The molecule has 1 heterocycles. The van der Waals surface area contributed by atoms with Gasteiger partial charge in [0.1, 0.15) is 0 Å². The second kappa shape index (κ2) is 2.12. The molecule has 12 heavy (non-hydrogen) atoms. The quantitative estimate of drug-likeness (QED) is 0.702. The van der Waals surface area contributed by atoms with Crippen LogP contribution in [0.15, 0.2) is 6.07 Å². The first-order chi connectivity index (χ1) is 5.78. The predicted octanol–water partition coefficient (Wildman–Crippen LogP) is 2.22. The Morgan fingerprint density at radius 1 is 1.33 bits per heavy atom. The van der Waals surface area contributed by atoms with Gasteiger partial charge in [-0.15, -0.1) is 11.3 Å². The molecule has 2 aliphatic rings. The molecule has 3 rings (SSSR count). The number of rotatable bonds is 1. The third-order valence-electron chi connectivity index (χ3n) is 2.93. The fourth-order valence-corrected chi connectivity index (χ4v) is 3.32. The zero-order valence-electron chi connectivity index (χ0n) is 6.97. The van der Waals surface area contributed by atoms with Crippen LogP contribution in [-0.2, 0) is 18.4 Å². The maximum Gasteiger partial charge on any atom is 0.0990 e. The van der Waals surface area contributed by atoms with Gasteiger partial charge in [-0.1, -0.05) is 0 Å². The average molecular weight is 180 g/mol. The van der Waals surface area contributed by atoms with Crippen LogP contribution in [0.5, 0.6) is 0 Å². The number of hydrogen-bond donors (Lipinski definition) is 1. The van der Waals surface area contributed by atoms with Crippen molar-refractivity contribution in [3.8, 4) is 0 Å². The van der Waals surface area contributed by atoms with E-state index in [1.54, 1.807) is 0 Å². The molecule has 0 spiro atoms. The smallest absolute Gasteiger partial charge is 0.0990 e. The summed E-state index contributed by atoms with van der Waals surface area (Å²) < 4.78 is 0. The normalized spacial score (nSPS) is 24.1. The molecule has 0 amide bonds. The Morgan fingerprint density at radius 2 is 2.17 bits per heavy atom. The van der Waals surface area contributed by atoms with Crippen LogP contribution in [0.1, 0.15) is 34.6 Å². The summed E-state index contributed by atoms with van der Waals surface area (Å²) >= 11 is 1.84. The monoisotopic (exact) mass is 180 g/mol. The van der Waals surface area contributed by atoms with E-state index >= 15 is 0 Å². The number of thiophene rings is 1. The van der Waals surface area contributed by atoms with Gasteiger partial charge in [0.15, 0.2) is 0 Å². The third-order valence-corrected chi connectivity index (χ3v) is 4.36. The Bertz CT molecular complexity index is 301. The summed E-state index contributed by atoms with van der Waals surface area (Å²) in [6, 6.07) is 2.24. The summed E-state index contributed by atoms with van der Waals surface area (Å²) in [7, 11) is 0. The highest BCUT2D eigenvalue weighted by Gasteiger charge is 2.44. The Morgan fingerprint density at radius 3 is 2.83 bits per heavy atom. The number of fused-ring (bicyclic) bond motifs is 1. The zero-order valence-corrected chi connectivity index (χ0v) is 7.78. The van der Waals surface area contributed by atoms with Crippen molar-refractivity contribution >= 4 is 11.3 Å². The van der Waals surface area contributed by atoms with E-state index in [1.165, 1.54) is 34.6 Å². The highest BCUT2D eigenvalue weighted by molar-refractivity contribution is 7.12. The van der Waals surface area contributed by atoms with Crippen LogP contribution in [-0.4, -0.2) is 5.11 Å². The molecule has 1 aromatic rings. The lowest BCUT2D eigenvalue weighted by Crippen LogP contribution is -2.00. The van der Waals surface area contributed by atoms with Gasteiger partial charge in [-0.05, 0) is 43.7 Å². The summed E-state index contributed by atoms with van der Waals surface area (Å²) in [6.45, 7) is 0. The van der Waals surface area contributed by atoms with Crippen molar-refractivity contribution in [3.05, 3.63) is 21.4 Å². The van der Waals surface area contributed by atoms with Crippen molar-refractivity contribution in [2.24, 2.45) is 0 Å². The van der Waals surface area contributed by atoms with Gasteiger partial charge in [-0.25, -0.2) is 0 Å². The Balaban J connectivity index is 2.03. The summed E-state index contributed by atoms with van der Waals surface area (Å²) in [6.07, 6.45) is 5.76. The molecule has 0 aromatic carbocycles. The summed E-state index contributed by atoms with van der Waals surface area (Å²) in [5.41, 5.74) is 1.12. The van der Waals surface area contributed by atoms with Gasteiger partial charge in [-0.3, -0.25) is 0 Å². The van der Waals surface area contributed by atoms with E-state index in [9.17, 15) is 5.11 Å². The van der Waals surface area contributed by atoms with Crippen molar-refractivity contribution in [2.45, 2.75) is 37.7 Å². The van der Waals surface area contributed by atoms with Crippen LogP contribution < -0.4 is 0 Å². The Hall–Kier alpha value is -0.340. The standard InChI is InChI=1S/C10H12OS/c11-10(4-5-10)9-6-7-2-1-3-8(7)12-9/h6,11H,1-5H2. The molecule has 0 saturated heterocycles. The average Bonchev–Trinajstić information content (AvgIpc) is 2.50. The molecule has 1 aromatic heterocycles. The lowest BCUT2D eigenvalue weighted by atomic mass is 10.2. The SMILES string of the molecule is OC1(c2cc3c(s2)CCC3)CC1. The van der Waals surface area contributed by atoms with Crippen molar-refractivity contribution in [1.29, 1.82) is 0 Å². The van der Waals surface area contributed by atoms with Gasteiger partial charge in [0, 0.05) is 9.75 Å². The number of hydrogen-bond acceptors (Lipinski definition) is 2. The molecule has 1 N–H and O–H groups in total. The molecule has 2 aliphatic carbocycles. The molecular weight excluding hydrogens is 168 g/mol. The van der Waals surface area contributed by atoms with Gasteiger partial charge in [0.05, 0.1) is 5.60 Å². The van der Waals surface area contributed by atoms with Crippen LogP contribution >= 0.6 is 11.3 Å². The number of aryl methyl sites for hydroxylation is 2. The van der Waals surface area contributed by atoms with Crippen LogP contribution in [0.2, 0.25) is 0 Å². The molecule has 1 fully saturated rings. The molecule has 0 radical (unpaired) electrons. The van der Waals surface area contributed by atoms with Crippen molar-refractivity contribution in [1.82, 2.24) is 0 Å². The predicted molar refractivity (Wildman–Crippen MR) is 49.5 cm³/mol. The summed E-state index contributed by atoms with van der Waals surface area (Å²) in [5, 5.41) is 9.87. The minimum atomic E-state index is -0.394. The fraction of sp³-hybridized carbons (Fsp3) is 0.600. The van der Waals surface area contributed by atoms with Crippen LogP contribution in [0.4, 0.5) is 0 Å². The molecule has 1 saturated carbocycles. The molecule has 2 heteroatoms. The van der Waals surface area contributed by atoms with E-state index in [-0.39, 0.29) is 0 Å². The zero-order chi connectivity index (χ0) is 8.18. The summed E-state index contributed by atoms with van der Waals surface area (Å²) in [4.78, 5) is 2.76. The van der Waals surface area contributed by atoms with E-state index in [0.29, 0.717) is 0 Å². The van der Waals surface area contributed by atoms with Crippen LogP contribution in [0.3, 0.4) is 0 Å². The molecule has 0 unspecified atom stereocenters. The van der Waals surface area contributed by atoms with E-state index in [1.807, 2.05) is 11.3 Å². The third kappa shape index (κ3) is 0.882. The van der Waals surface area contributed by atoms with Crippen molar-refractivity contribution < 1.29 is 5.11 Å². The maximum absolute atomic E-state index is 9.87. The first-order valence-corrected chi connectivity index (χ1v) is 5.44. The van der Waals surface area contributed by atoms with Gasteiger partial charge >= 0.3 is 0 Å². The highest BCUT2D eigenvalue weighted by Crippen LogP contribution is 2.49. The van der Waals surface area contributed by atoms with Gasteiger partial charge < -0.3 is 5.11 Å². The largest absolute Gasteiger partial charge is 0.384 e.